The number of methoxy groups -OCH3 is 1. The van der Waals surface area contributed by atoms with E-state index in [1.165, 1.54) is 7.11 Å². The van der Waals surface area contributed by atoms with E-state index in [2.05, 4.69) is 10.1 Å². The SMILES string of the molecule is COC(=O)Nc1ccc(CCOc2ccc(C=O)cc2)cc1. The third kappa shape index (κ3) is 4.63. The highest BCUT2D eigenvalue weighted by molar-refractivity contribution is 5.84. The van der Waals surface area contributed by atoms with E-state index in [1.54, 1.807) is 24.3 Å². The van der Waals surface area contributed by atoms with Gasteiger partial charge in [-0.3, -0.25) is 10.1 Å². The van der Waals surface area contributed by atoms with Gasteiger partial charge in [-0.1, -0.05) is 12.1 Å². The Kier molecular flexibility index (Phi) is 5.54. The number of hydrogen-bond donors (Lipinski definition) is 1. The maximum absolute atomic E-state index is 11.1. The van der Waals surface area contributed by atoms with E-state index in [1.807, 2.05) is 24.3 Å². The summed E-state index contributed by atoms with van der Waals surface area (Å²) < 4.78 is 10.1. The third-order valence-electron chi connectivity index (χ3n) is 3.06. The fourth-order valence-electron chi connectivity index (χ4n) is 1.85. The molecule has 0 unspecified atom stereocenters. The molecule has 0 heterocycles. The largest absolute Gasteiger partial charge is 0.493 e. The molecule has 0 aliphatic carbocycles. The maximum Gasteiger partial charge on any atom is 0.411 e. The number of anilines is 1. The standard InChI is InChI=1S/C17H17NO4/c1-21-17(20)18-15-6-2-13(3-7-15)10-11-22-16-8-4-14(12-19)5-9-16/h2-9,12H,10-11H2,1H3,(H,18,20). The molecule has 5 heteroatoms. The molecular weight excluding hydrogens is 282 g/mol. The molecule has 22 heavy (non-hydrogen) atoms. The molecule has 0 radical (unpaired) electrons. The molecule has 0 saturated heterocycles. The summed E-state index contributed by atoms with van der Waals surface area (Å²) in [6.07, 6.45) is 1.05. The Bertz CT molecular complexity index is 620. The van der Waals surface area contributed by atoms with Crippen LogP contribution in [0.15, 0.2) is 48.5 Å². The number of carbonyl (C=O) groups excluding carboxylic acids is 2. The van der Waals surface area contributed by atoms with Crippen molar-refractivity contribution in [2.45, 2.75) is 6.42 Å². The summed E-state index contributed by atoms with van der Waals surface area (Å²) >= 11 is 0. The molecule has 1 amide bonds. The summed E-state index contributed by atoms with van der Waals surface area (Å²) in [5, 5.41) is 2.59. The van der Waals surface area contributed by atoms with Crippen LogP contribution in [0.3, 0.4) is 0 Å². The number of ether oxygens (including phenoxy) is 2. The molecule has 5 nitrogen and oxygen atoms in total. The quantitative estimate of drug-likeness (QED) is 0.831. The van der Waals surface area contributed by atoms with Crippen molar-refractivity contribution in [3.8, 4) is 5.75 Å². The molecule has 114 valence electrons. The molecule has 0 atom stereocenters. The minimum atomic E-state index is -0.491. The maximum atomic E-state index is 11.1. The van der Waals surface area contributed by atoms with Crippen LogP contribution in [0.4, 0.5) is 10.5 Å². The van der Waals surface area contributed by atoms with Crippen LogP contribution in [0.25, 0.3) is 0 Å². The average Bonchev–Trinajstić information content (AvgIpc) is 2.57. The zero-order valence-corrected chi connectivity index (χ0v) is 12.2. The topological polar surface area (TPSA) is 64.6 Å². The van der Waals surface area contributed by atoms with Gasteiger partial charge >= 0.3 is 6.09 Å². The zero-order chi connectivity index (χ0) is 15.8. The van der Waals surface area contributed by atoms with Crippen molar-refractivity contribution in [2.24, 2.45) is 0 Å². The van der Waals surface area contributed by atoms with Gasteiger partial charge in [0.25, 0.3) is 0 Å². The average molecular weight is 299 g/mol. The van der Waals surface area contributed by atoms with Crippen LogP contribution < -0.4 is 10.1 Å². The van der Waals surface area contributed by atoms with E-state index in [9.17, 15) is 9.59 Å². The highest BCUT2D eigenvalue weighted by Crippen LogP contribution is 2.13. The summed E-state index contributed by atoms with van der Waals surface area (Å²) in [6.45, 7) is 0.532. The first kappa shape index (κ1) is 15.6. The molecule has 0 aromatic heterocycles. The predicted octanol–water partition coefficient (Wildman–Crippen LogP) is 3.30. The lowest BCUT2D eigenvalue weighted by Gasteiger charge is -2.07. The van der Waals surface area contributed by atoms with E-state index in [4.69, 9.17) is 4.74 Å². The molecule has 0 aliphatic heterocycles. The van der Waals surface area contributed by atoms with Gasteiger partial charge in [-0.2, -0.15) is 0 Å². The number of aldehydes is 1. The second kappa shape index (κ2) is 7.83. The third-order valence-corrected chi connectivity index (χ3v) is 3.06. The first-order valence-electron chi connectivity index (χ1n) is 6.83. The molecular formula is C17H17NO4. The lowest BCUT2D eigenvalue weighted by molar-refractivity contribution is 0.112. The Balaban J connectivity index is 1.81. The highest BCUT2D eigenvalue weighted by Gasteiger charge is 2.01. The van der Waals surface area contributed by atoms with Gasteiger partial charge in [0.15, 0.2) is 0 Å². The van der Waals surface area contributed by atoms with Crippen molar-refractivity contribution < 1.29 is 19.1 Å². The van der Waals surface area contributed by atoms with Gasteiger partial charge < -0.3 is 9.47 Å². The number of rotatable bonds is 6. The Labute approximate surface area is 128 Å². The van der Waals surface area contributed by atoms with Crippen LogP contribution in [0.5, 0.6) is 5.75 Å². The Hall–Kier alpha value is -2.82. The van der Waals surface area contributed by atoms with Crippen molar-refractivity contribution in [3.05, 3.63) is 59.7 Å². The van der Waals surface area contributed by atoms with E-state index in [-0.39, 0.29) is 0 Å². The second-order valence-electron chi connectivity index (χ2n) is 4.60. The van der Waals surface area contributed by atoms with Crippen molar-refractivity contribution in [1.29, 1.82) is 0 Å². The molecule has 1 N–H and O–H groups in total. The van der Waals surface area contributed by atoms with Crippen LogP contribution in [0, 0.1) is 0 Å². The number of nitrogens with one attached hydrogen (secondary N) is 1. The minimum absolute atomic E-state index is 0.491. The summed E-state index contributed by atoms with van der Waals surface area (Å²) in [6, 6.07) is 14.4. The summed E-state index contributed by atoms with van der Waals surface area (Å²) in [4.78, 5) is 21.6. The Morgan fingerprint density at radius 3 is 2.36 bits per heavy atom. The number of amides is 1. The van der Waals surface area contributed by atoms with E-state index < -0.39 is 6.09 Å². The van der Waals surface area contributed by atoms with Crippen molar-refractivity contribution >= 4 is 18.1 Å². The van der Waals surface area contributed by atoms with Crippen LogP contribution >= 0.6 is 0 Å². The Morgan fingerprint density at radius 2 is 1.77 bits per heavy atom. The van der Waals surface area contributed by atoms with Gasteiger partial charge in [-0.05, 0) is 42.0 Å². The zero-order valence-electron chi connectivity index (χ0n) is 12.2. The summed E-state index contributed by atoms with van der Waals surface area (Å²) in [5.74, 6) is 0.731. The van der Waals surface area contributed by atoms with Gasteiger partial charge in [0.05, 0.1) is 13.7 Å². The van der Waals surface area contributed by atoms with E-state index in [0.717, 1.165) is 24.0 Å². The van der Waals surface area contributed by atoms with Gasteiger partial charge in [0, 0.05) is 17.7 Å². The minimum Gasteiger partial charge on any atom is -0.493 e. The molecule has 2 aromatic carbocycles. The van der Waals surface area contributed by atoms with Crippen LogP contribution in [0.2, 0.25) is 0 Å². The highest BCUT2D eigenvalue weighted by atomic mass is 16.5. The Morgan fingerprint density at radius 1 is 1.09 bits per heavy atom. The van der Waals surface area contributed by atoms with Gasteiger partial charge in [-0.15, -0.1) is 0 Å². The van der Waals surface area contributed by atoms with Crippen molar-refractivity contribution in [2.75, 3.05) is 19.0 Å². The van der Waals surface area contributed by atoms with Crippen LogP contribution in [-0.2, 0) is 11.2 Å². The first-order chi connectivity index (χ1) is 10.7. The molecule has 2 rings (SSSR count). The second-order valence-corrected chi connectivity index (χ2v) is 4.60. The van der Waals surface area contributed by atoms with Crippen LogP contribution in [0.1, 0.15) is 15.9 Å². The van der Waals surface area contributed by atoms with E-state index >= 15 is 0 Å². The number of hydrogen-bond acceptors (Lipinski definition) is 4. The summed E-state index contributed by atoms with van der Waals surface area (Å²) in [5.41, 5.74) is 2.40. The number of carbonyl (C=O) groups is 2. The molecule has 0 spiro atoms. The number of benzene rings is 2. The fourth-order valence-corrected chi connectivity index (χ4v) is 1.85. The first-order valence-corrected chi connectivity index (χ1v) is 6.83. The molecule has 0 aliphatic rings. The van der Waals surface area contributed by atoms with E-state index in [0.29, 0.717) is 17.9 Å². The monoisotopic (exact) mass is 299 g/mol. The van der Waals surface area contributed by atoms with Crippen molar-refractivity contribution in [3.63, 3.8) is 0 Å². The lowest BCUT2D eigenvalue weighted by Crippen LogP contribution is -2.10. The van der Waals surface area contributed by atoms with Gasteiger partial charge in [0.2, 0.25) is 0 Å². The summed E-state index contributed by atoms with van der Waals surface area (Å²) in [7, 11) is 1.32. The van der Waals surface area contributed by atoms with Crippen LogP contribution in [-0.4, -0.2) is 26.1 Å². The van der Waals surface area contributed by atoms with Crippen molar-refractivity contribution in [1.82, 2.24) is 0 Å². The van der Waals surface area contributed by atoms with Gasteiger partial charge in [-0.25, -0.2) is 4.79 Å². The predicted molar refractivity (Wildman–Crippen MR) is 83.5 cm³/mol. The molecule has 2 aromatic rings. The molecule has 0 bridgehead atoms. The van der Waals surface area contributed by atoms with Gasteiger partial charge in [0.1, 0.15) is 12.0 Å². The molecule has 0 fully saturated rings. The molecule has 0 saturated carbocycles. The smallest absolute Gasteiger partial charge is 0.411 e. The fraction of sp³-hybridized carbons (Fsp3) is 0.176. The lowest BCUT2D eigenvalue weighted by atomic mass is 10.1. The normalized spacial score (nSPS) is 9.86.